The molecule has 0 bridgehead atoms. The van der Waals surface area contributed by atoms with E-state index in [0.717, 1.165) is 29.0 Å². The van der Waals surface area contributed by atoms with Crippen molar-refractivity contribution in [3.05, 3.63) is 89.1 Å². The van der Waals surface area contributed by atoms with E-state index < -0.39 is 43.9 Å². The molecule has 0 saturated heterocycles. The van der Waals surface area contributed by atoms with Crippen LogP contribution in [0.3, 0.4) is 0 Å². The number of aromatic hydroxyl groups is 1. The molecule has 1 heterocycles. The van der Waals surface area contributed by atoms with E-state index in [-0.39, 0.29) is 17.1 Å². The van der Waals surface area contributed by atoms with Crippen LogP contribution < -0.4 is 16.0 Å². The second kappa shape index (κ2) is 8.28. The number of para-hydroxylation sites is 2. The zero-order chi connectivity index (χ0) is 22.7. The lowest BCUT2D eigenvalue weighted by Gasteiger charge is -2.12. The minimum atomic E-state index is -0.989. The van der Waals surface area contributed by atoms with Crippen molar-refractivity contribution in [1.82, 2.24) is 9.55 Å². The van der Waals surface area contributed by atoms with Gasteiger partial charge in [0, 0.05) is 18.3 Å². The van der Waals surface area contributed by atoms with E-state index in [4.69, 9.17) is 4.74 Å². The second-order valence-corrected chi connectivity index (χ2v) is 5.98. The van der Waals surface area contributed by atoms with Gasteiger partial charge >= 0.3 is 5.69 Å². The number of hydrogen-bond acceptors (Lipinski definition) is 9. The van der Waals surface area contributed by atoms with Crippen LogP contribution in [-0.2, 0) is 0 Å². The van der Waals surface area contributed by atoms with Crippen LogP contribution in [0.2, 0.25) is 0 Å². The average Bonchev–Trinajstić information content (AvgIpc) is 2.73. The summed E-state index contributed by atoms with van der Waals surface area (Å²) in [6, 6.07) is 8.85. The molecular formula is C18H13N5O8. The van der Waals surface area contributed by atoms with Crippen molar-refractivity contribution in [3.8, 4) is 17.3 Å². The van der Waals surface area contributed by atoms with Crippen LogP contribution >= 0.6 is 0 Å². The van der Waals surface area contributed by atoms with E-state index in [9.17, 15) is 34.9 Å². The quantitative estimate of drug-likeness (QED) is 0.339. The number of non-ortho nitro benzene ring substituents is 2. The fourth-order valence-electron chi connectivity index (χ4n) is 2.70. The van der Waals surface area contributed by atoms with Gasteiger partial charge in [-0.2, -0.15) is 0 Å². The number of nitrogens with one attached hydrogen (secondary N) is 1. The number of aliphatic imine (C=N–C) groups is 1. The summed E-state index contributed by atoms with van der Waals surface area (Å²) in [5.41, 5.74) is -3.65. The SMILES string of the molecule is COc1ccccc1-n1c(O)c(C=Nc2cc([N+](=O)[O-])cc([N+](=O)[O-])c2)c(=O)[nH]c1=O. The topological polar surface area (TPSA) is 183 Å². The molecule has 0 amide bonds. The van der Waals surface area contributed by atoms with Crippen LogP contribution in [0, 0.1) is 20.2 Å². The van der Waals surface area contributed by atoms with Crippen LogP contribution in [-0.4, -0.2) is 37.8 Å². The minimum Gasteiger partial charge on any atom is -0.495 e. The number of nitro groups is 2. The molecule has 0 radical (unpaired) electrons. The standard InChI is InChI=1S/C18H13N5O8/c1-31-15-5-3-2-4-14(15)21-17(25)13(16(24)20-18(21)26)9-19-10-6-11(22(27)28)8-12(7-10)23(29)30/h2-9,25H,1H3,(H,20,24,26). The van der Waals surface area contributed by atoms with E-state index in [2.05, 4.69) is 4.99 Å². The Morgan fingerprint density at radius 1 is 1.10 bits per heavy atom. The highest BCUT2D eigenvalue weighted by atomic mass is 16.6. The second-order valence-electron chi connectivity index (χ2n) is 5.98. The zero-order valence-corrected chi connectivity index (χ0v) is 15.7. The van der Waals surface area contributed by atoms with Crippen molar-refractivity contribution >= 4 is 23.3 Å². The van der Waals surface area contributed by atoms with Crippen LogP contribution in [0.1, 0.15) is 5.56 Å². The molecule has 0 saturated carbocycles. The molecule has 3 rings (SSSR count). The maximum Gasteiger partial charge on any atom is 0.335 e. The molecule has 0 aliphatic rings. The van der Waals surface area contributed by atoms with Crippen LogP contribution in [0.25, 0.3) is 5.69 Å². The van der Waals surface area contributed by atoms with Gasteiger partial charge in [-0.25, -0.2) is 9.36 Å². The first kappa shape index (κ1) is 20.9. The Morgan fingerprint density at radius 2 is 1.71 bits per heavy atom. The number of hydrogen-bond donors (Lipinski definition) is 2. The van der Waals surface area contributed by atoms with Crippen LogP contribution in [0.15, 0.2) is 57.0 Å². The number of nitro benzene ring substituents is 2. The number of benzene rings is 2. The molecule has 3 aromatic rings. The lowest BCUT2D eigenvalue weighted by molar-refractivity contribution is -0.394. The van der Waals surface area contributed by atoms with Crippen LogP contribution in [0.4, 0.5) is 17.1 Å². The van der Waals surface area contributed by atoms with Gasteiger partial charge in [-0.05, 0) is 12.1 Å². The van der Waals surface area contributed by atoms with Gasteiger partial charge in [-0.1, -0.05) is 12.1 Å². The highest BCUT2D eigenvalue weighted by Gasteiger charge is 2.18. The lowest BCUT2D eigenvalue weighted by Crippen LogP contribution is -2.31. The van der Waals surface area contributed by atoms with Gasteiger partial charge in [-0.3, -0.25) is 35.0 Å². The Balaban J connectivity index is 2.16. The Labute approximate surface area is 171 Å². The van der Waals surface area contributed by atoms with E-state index in [0.29, 0.717) is 0 Å². The van der Waals surface area contributed by atoms with Crippen molar-refractivity contribution in [2.45, 2.75) is 0 Å². The summed E-state index contributed by atoms with van der Waals surface area (Å²) in [6.07, 6.45) is 0.836. The Hall–Kier alpha value is -4.81. The Morgan fingerprint density at radius 3 is 2.29 bits per heavy atom. The van der Waals surface area contributed by atoms with Gasteiger partial charge in [0.05, 0.1) is 34.4 Å². The molecule has 0 aliphatic carbocycles. The molecule has 0 spiro atoms. The van der Waals surface area contributed by atoms with E-state index >= 15 is 0 Å². The zero-order valence-electron chi connectivity index (χ0n) is 15.7. The van der Waals surface area contributed by atoms with Crippen molar-refractivity contribution in [3.63, 3.8) is 0 Å². The molecular weight excluding hydrogens is 414 g/mol. The molecule has 2 aromatic carbocycles. The smallest absolute Gasteiger partial charge is 0.335 e. The van der Waals surface area contributed by atoms with Crippen LogP contribution in [0.5, 0.6) is 11.6 Å². The number of aromatic amines is 1. The van der Waals surface area contributed by atoms with E-state index in [1.807, 2.05) is 4.98 Å². The van der Waals surface area contributed by atoms with Crippen molar-refractivity contribution in [2.75, 3.05) is 7.11 Å². The van der Waals surface area contributed by atoms with Gasteiger partial charge in [0.25, 0.3) is 16.9 Å². The van der Waals surface area contributed by atoms with E-state index in [1.165, 1.54) is 19.2 Å². The average molecular weight is 427 g/mol. The fourth-order valence-corrected chi connectivity index (χ4v) is 2.70. The van der Waals surface area contributed by atoms with Gasteiger partial charge in [0.1, 0.15) is 11.3 Å². The Kier molecular flexibility index (Phi) is 5.59. The predicted octanol–water partition coefficient (Wildman–Crippen LogP) is 1.81. The van der Waals surface area contributed by atoms with Gasteiger partial charge < -0.3 is 9.84 Å². The Bertz CT molecular complexity index is 1310. The third-order valence-electron chi connectivity index (χ3n) is 4.10. The van der Waals surface area contributed by atoms with Crippen molar-refractivity contribution in [1.29, 1.82) is 0 Å². The summed E-state index contributed by atoms with van der Waals surface area (Å²) in [4.78, 5) is 50.7. The summed E-state index contributed by atoms with van der Waals surface area (Å²) >= 11 is 0. The fraction of sp³-hybridized carbons (Fsp3) is 0.0556. The number of methoxy groups -OCH3 is 1. The third-order valence-corrected chi connectivity index (χ3v) is 4.10. The molecule has 1 aromatic heterocycles. The van der Waals surface area contributed by atoms with E-state index in [1.54, 1.807) is 12.1 Å². The molecule has 0 atom stereocenters. The minimum absolute atomic E-state index is 0.129. The highest BCUT2D eigenvalue weighted by molar-refractivity contribution is 5.84. The van der Waals surface area contributed by atoms with Gasteiger partial charge in [0.15, 0.2) is 0 Å². The number of nitrogens with zero attached hydrogens (tertiary/aromatic N) is 4. The first-order chi connectivity index (χ1) is 14.7. The molecule has 13 nitrogen and oxygen atoms in total. The summed E-state index contributed by atoms with van der Waals surface area (Å²) < 4.78 is 5.93. The maximum atomic E-state index is 12.3. The summed E-state index contributed by atoms with van der Waals surface area (Å²) in [5, 5.41) is 32.6. The van der Waals surface area contributed by atoms with Crippen molar-refractivity contribution < 1.29 is 19.7 Å². The van der Waals surface area contributed by atoms with Gasteiger partial charge in [-0.15, -0.1) is 0 Å². The number of ether oxygens (including phenoxy) is 1. The lowest BCUT2D eigenvalue weighted by atomic mass is 10.2. The molecule has 13 heteroatoms. The third kappa shape index (κ3) is 4.14. The first-order valence-electron chi connectivity index (χ1n) is 8.42. The highest BCUT2D eigenvalue weighted by Crippen LogP contribution is 2.28. The molecule has 31 heavy (non-hydrogen) atoms. The summed E-state index contributed by atoms with van der Waals surface area (Å²) in [5.74, 6) is -0.550. The summed E-state index contributed by atoms with van der Waals surface area (Å²) in [7, 11) is 1.35. The number of aromatic nitrogens is 2. The summed E-state index contributed by atoms with van der Waals surface area (Å²) in [6.45, 7) is 0. The van der Waals surface area contributed by atoms with Gasteiger partial charge in [0.2, 0.25) is 5.88 Å². The molecule has 0 aliphatic heterocycles. The largest absolute Gasteiger partial charge is 0.495 e. The molecule has 0 unspecified atom stereocenters. The predicted molar refractivity (Wildman–Crippen MR) is 108 cm³/mol. The molecule has 158 valence electrons. The normalized spacial score (nSPS) is 10.9. The number of H-pyrrole nitrogens is 1. The molecule has 0 fully saturated rings. The first-order valence-corrected chi connectivity index (χ1v) is 8.42. The van der Waals surface area contributed by atoms with Crippen molar-refractivity contribution in [2.24, 2.45) is 4.99 Å². The monoisotopic (exact) mass is 427 g/mol. The number of rotatable bonds is 6. The maximum absolute atomic E-state index is 12.3. The molecule has 2 N–H and O–H groups in total.